The number of ether oxygens (including phenoxy) is 2. The second-order valence-corrected chi connectivity index (χ2v) is 4.75. The van der Waals surface area contributed by atoms with E-state index < -0.39 is 12.0 Å². The summed E-state index contributed by atoms with van der Waals surface area (Å²) in [6.45, 7) is 0. The Balaban J connectivity index is 2.38. The Morgan fingerprint density at radius 3 is 2.35 bits per heavy atom. The lowest BCUT2D eigenvalue weighted by molar-refractivity contribution is -0.138. The highest BCUT2D eigenvalue weighted by Crippen LogP contribution is 2.29. The Kier molecular flexibility index (Phi) is 5.05. The number of methoxy groups -OCH3 is 2. The molecule has 1 unspecified atom stereocenters. The van der Waals surface area contributed by atoms with Crippen LogP contribution in [0.4, 0.5) is 5.69 Å². The smallest absolute Gasteiger partial charge is 0.330 e. The number of aliphatic carboxylic acids is 1. The van der Waals surface area contributed by atoms with Gasteiger partial charge in [-0.1, -0.05) is 6.07 Å². The maximum atomic E-state index is 11.6. The van der Waals surface area contributed by atoms with Crippen molar-refractivity contribution in [2.75, 3.05) is 19.5 Å². The summed E-state index contributed by atoms with van der Waals surface area (Å²) in [5.41, 5.74) is 1.47. The zero-order chi connectivity index (χ0) is 16.8. The molecule has 0 aliphatic carbocycles. The highest BCUT2D eigenvalue weighted by atomic mass is 16.5. The van der Waals surface area contributed by atoms with Gasteiger partial charge in [0, 0.05) is 11.8 Å². The third-order valence-corrected chi connectivity index (χ3v) is 3.26. The second kappa shape index (κ2) is 7.18. The molecular weight excluding hydrogens is 296 g/mol. The third-order valence-electron chi connectivity index (χ3n) is 3.26. The van der Waals surface area contributed by atoms with Crippen LogP contribution in [0.1, 0.15) is 17.2 Å². The highest BCUT2D eigenvalue weighted by Gasteiger charge is 2.21. The van der Waals surface area contributed by atoms with Gasteiger partial charge in [-0.3, -0.25) is 0 Å². The number of anilines is 1. The molecule has 0 saturated carbocycles. The summed E-state index contributed by atoms with van der Waals surface area (Å²) in [6.07, 6.45) is 0. The number of rotatable bonds is 6. The molecular formula is C17H16N2O4. The molecule has 118 valence electrons. The standard InChI is InChI=1S/C17H16N2O4/c1-22-14-7-12(8-15(9-14)23-2)16(17(20)21)19-13-5-3-4-11(6-13)10-18/h3-9,16,19H,1-2H3,(H,20,21). The normalized spacial score (nSPS) is 11.2. The van der Waals surface area contributed by atoms with Crippen molar-refractivity contribution < 1.29 is 19.4 Å². The molecule has 0 saturated heterocycles. The molecule has 2 N–H and O–H groups in total. The van der Waals surface area contributed by atoms with Crippen molar-refractivity contribution in [1.29, 1.82) is 5.26 Å². The van der Waals surface area contributed by atoms with E-state index in [0.717, 1.165) is 0 Å². The highest BCUT2D eigenvalue weighted by molar-refractivity contribution is 5.79. The van der Waals surface area contributed by atoms with Gasteiger partial charge in [-0.2, -0.15) is 5.26 Å². The van der Waals surface area contributed by atoms with Crippen LogP contribution in [0.5, 0.6) is 11.5 Å². The summed E-state index contributed by atoms with van der Waals surface area (Å²) in [4.78, 5) is 11.6. The molecule has 2 rings (SSSR count). The maximum absolute atomic E-state index is 11.6. The van der Waals surface area contributed by atoms with E-state index >= 15 is 0 Å². The monoisotopic (exact) mass is 312 g/mol. The molecule has 0 bridgehead atoms. The summed E-state index contributed by atoms with van der Waals surface area (Å²) in [7, 11) is 3.00. The van der Waals surface area contributed by atoms with Crippen LogP contribution in [0, 0.1) is 11.3 Å². The summed E-state index contributed by atoms with van der Waals surface area (Å²) >= 11 is 0. The molecule has 0 fully saturated rings. The number of hydrogen-bond acceptors (Lipinski definition) is 5. The van der Waals surface area contributed by atoms with Crippen molar-refractivity contribution in [3.63, 3.8) is 0 Å². The van der Waals surface area contributed by atoms with E-state index in [-0.39, 0.29) is 0 Å². The molecule has 0 spiro atoms. The van der Waals surface area contributed by atoms with Crippen LogP contribution >= 0.6 is 0 Å². The number of hydrogen-bond donors (Lipinski definition) is 2. The molecule has 23 heavy (non-hydrogen) atoms. The van der Waals surface area contributed by atoms with E-state index in [4.69, 9.17) is 14.7 Å². The van der Waals surface area contributed by atoms with Gasteiger partial charge in [0.25, 0.3) is 0 Å². The van der Waals surface area contributed by atoms with Crippen LogP contribution in [0.3, 0.4) is 0 Å². The Labute approximate surface area is 133 Å². The van der Waals surface area contributed by atoms with Crippen molar-refractivity contribution >= 4 is 11.7 Å². The number of carbonyl (C=O) groups is 1. The van der Waals surface area contributed by atoms with Crippen LogP contribution in [0.2, 0.25) is 0 Å². The van der Waals surface area contributed by atoms with Gasteiger partial charge >= 0.3 is 5.97 Å². The zero-order valence-electron chi connectivity index (χ0n) is 12.7. The van der Waals surface area contributed by atoms with Gasteiger partial charge < -0.3 is 19.9 Å². The fourth-order valence-corrected chi connectivity index (χ4v) is 2.13. The molecule has 2 aromatic carbocycles. The molecule has 1 atom stereocenters. The number of nitrogens with one attached hydrogen (secondary N) is 1. The number of carboxylic acids is 1. The Morgan fingerprint density at radius 1 is 1.17 bits per heavy atom. The number of benzene rings is 2. The second-order valence-electron chi connectivity index (χ2n) is 4.75. The van der Waals surface area contributed by atoms with Crippen molar-refractivity contribution in [2.45, 2.75) is 6.04 Å². The van der Waals surface area contributed by atoms with Crippen LogP contribution in [-0.2, 0) is 4.79 Å². The lowest BCUT2D eigenvalue weighted by Gasteiger charge is -2.18. The van der Waals surface area contributed by atoms with E-state index in [2.05, 4.69) is 5.32 Å². The van der Waals surface area contributed by atoms with Crippen molar-refractivity contribution in [2.24, 2.45) is 0 Å². The maximum Gasteiger partial charge on any atom is 0.330 e. The van der Waals surface area contributed by atoms with Gasteiger partial charge in [-0.15, -0.1) is 0 Å². The van der Waals surface area contributed by atoms with Crippen LogP contribution in [0.25, 0.3) is 0 Å². The largest absolute Gasteiger partial charge is 0.497 e. The first-order chi connectivity index (χ1) is 11.1. The Hall–Kier alpha value is -3.20. The lowest BCUT2D eigenvalue weighted by atomic mass is 10.1. The van der Waals surface area contributed by atoms with E-state index in [1.165, 1.54) is 14.2 Å². The lowest BCUT2D eigenvalue weighted by Crippen LogP contribution is -2.20. The van der Waals surface area contributed by atoms with Crippen molar-refractivity contribution in [3.05, 3.63) is 53.6 Å². The molecule has 0 aliphatic rings. The average molecular weight is 312 g/mol. The molecule has 0 amide bonds. The van der Waals surface area contributed by atoms with Gasteiger partial charge in [-0.25, -0.2) is 4.79 Å². The van der Waals surface area contributed by atoms with Crippen LogP contribution < -0.4 is 14.8 Å². The van der Waals surface area contributed by atoms with E-state index in [9.17, 15) is 9.90 Å². The summed E-state index contributed by atoms with van der Waals surface area (Å²) in [5, 5.41) is 21.4. The first-order valence-corrected chi connectivity index (χ1v) is 6.80. The van der Waals surface area contributed by atoms with Gasteiger partial charge in [0.05, 0.1) is 25.9 Å². The van der Waals surface area contributed by atoms with Gasteiger partial charge in [0.2, 0.25) is 0 Å². The molecule has 2 aromatic rings. The molecule has 6 heteroatoms. The number of nitriles is 1. The van der Waals surface area contributed by atoms with Crippen LogP contribution in [0.15, 0.2) is 42.5 Å². The third kappa shape index (κ3) is 3.92. The minimum atomic E-state index is -1.05. The van der Waals surface area contributed by atoms with Crippen LogP contribution in [-0.4, -0.2) is 25.3 Å². The van der Waals surface area contributed by atoms with Gasteiger partial charge in [0.15, 0.2) is 6.04 Å². The molecule has 0 aliphatic heterocycles. The SMILES string of the molecule is COc1cc(OC)cc(C(Nc2cccc(C#N)c2)C(=O)O)c1. The van der Waals surface area contributed by atoms with Crippen molar-refractivity contribution in [1.82, 2.24) is 0 Å². The predicted molar refractivity (Wildman–Crippen MR) is 84.7 cm³/mol. The van der Waals surface area contributed by atoms with E-state index in [1.54, 1.807) is 42.5 Å². The molecule has 6 nitrogen and oxygen atoms in total. The first kappa shape index (κ1) is 16.2. The van der Waals surface area contributed by atoms with E-state index in [1.807, 2.05) is 6.07 Å². The zero-order valence-corrected chi connectivity index (χ0v) is 12.7. The summed E-state index contributed by atoms with van der Waals surface area (Å²) in [5.74, 6) is -0.0565. The minimum Gasteiger partial charge on any atom is -0.497 e. The average Bonchev–Trinajstić information content (AvgIpc) is 2.59. The first-order valence-electron chi connectivity index (χ1n) is 6.80. The fraction of sp³-hybridized carbons (Fsp3) is 0.176. The Morgan fingerprint density at radius 2 is 1.83 bits per heavy atom. The summed E-state index contributed by atoms with van der Waals surface area (Å²) in [6, 6.07) is 12.6. The molecule has 0 aromatic heterocycles. The fourth-order valence-electron chi connectivity index (χ4n) is 2.13. The minimum absolute atomic E-state index is 0.447. The van der Waals surface area contributed by atoms with E-state index in [0.29, 0.717) is 28.3 Å². The van der Waals surface area contributed by atoms with Gasteiger partial charge in [-0.05, 0) is 35.9 Å². The quantitative estimate of drug-likeness (QED) is 0.852. The topological polar surface area (TPSA) is 91.6 Å². The van der Waals surface area contributed by atoms with Crippen molar-refractivity contribution in [3.8, 4) is 17.6 Å². The molecule has 0 radical (unpaired) electrons. The summed E-state index contributed by atoms with van der Waals surface area (Å²) < 4.78 is 10.3. The number of nitrogens with zero attached hydrogens (tertiary/aromatic N) is 1. The Bertz CT molecular complexity index is 730. The molecule has 0 heterocycles. The number of carboxylic acid groups (broad SMARTS) is 1. The van der Waals surface area contributed by atoms with Gasteiger partial charge in [0.1, 0.15) is 11.5 Å². The predicted octanol–water partition coefficient (Wildman–Crippen LogP) is 2.81.